The average molecular weight is 348 g/mol. The number of nitrogens with zero attached hydrogens (tertiary/aromatic N) is 3. The third-order valence-electron chi connectivity index (χ3n) is 3.25. The summed E-state index contributed by atoms with van der Waals surface area (Å²) in [5, 5.41) is 4.62. The number of hydrogen-bond acceptors (Lipinski definition) is 4. The van der Waals surface area contributed by atoms with Gasteiger partial charge in [0.05, 0.1) is 5.56 Å². The first-order valence-electron chi connectivity index (χ1n) is 6.69. The molecular weight excluding hydrogens is 334 g/mol. The van der Waals surface area contributed by atoms with Crippen molar-refractivity contribution in [3.05, 3.63) is 58.2 Å². The highest BCUT2D eigenvalue weighted by molar-refractivity contribution is 6.10. The monoisotopic (exact) mass is 347 g/mol. The van der Waals surface area contributed by atoms with E-state index in [2.05, 4.69) is 10.1 Å². The molecule has 0 aliphatic carbocycles. The molecule has 3 rings (SSSR count). The Morgan fingerprint density at radius 3 is 2.50 bits per heavy atom. The fourth-order valence-electron chi connectivity index (χ4n) is 2.28. The van der Waals surface area contributed by atoms with E-state index in [0.717, 1.165) is 0 Å². The van der Waals surface area contributed by atoms with Gasteiger partial charge >= 0.3 is 0 Å². The van der Waals surface area contributed by atoms with E-state index in [4.69, 9.17) is 16.0 Å². The molecule has 0 radical (unpaired) electrons. The average Bonchev–Trinajstić information content (AvgIpc) is 2.93. The summed E-state index contributed by atoms with van der Waals surface area (Å²) >= 11 is 0. The van der Waals surface area contributed by atoms with Gasteiger partial charge < -0.3 is 16.0 Å². The highest BCUT2D eigenvalue weighted by Gasteiger charge is 2.16. The van der Waals surface area contributed by atoms with E-state index in [0.29, 0.717) is 16.5 Å². The van der Waals surface area contributed by atoms with Crippen LogP contribution in [0.2, 0.25) is 0 Å². The van der Waals surface area contributed by atoms with Gasteiger partial charge in [0.1, 0.15) is 5.76 Å². The molecule has 2 aromatic heterocycles. The Morgan fingerprint density at radius 1 is 1.25 bits per heavy atom. The summed E-state index contributed by atoms with van der Waals surface area (Å²) in [5.41, 5.74) is 10.4. The van der Waals surface area contributed by atoms with Gasteiger partial charge in [-0.1, -0.05) is 23.4 Å². The quantitative estimate of drug-likeness (QED) is 0.527. The smallest absolute Gasteiger partial charge is 0.282 e. The molecule has 1 aromatic carbocycles. The third kappa shape index (κ3) is 2.99. The minimum atomic E-state index is -0.643. The molecule has 0 spiro atoms. The predicted molar refractivity (Wildman–Crippen MR) is 91.7 cm³/mol. The van der Waals surface area contributed by atoms with Gasteiger partial charge in [-0.15, -0.1) is 12.4 Å². The highest BCUT2D eigenvalue weighted by Crippen LogP contribution is 2.18. The Balaban J connectivity index is 0.00000208. The number of rotatable bonds is 2. The van der Waals surface area contributed by atoms with Crippen molar-refractivity contribution >= 4 is 35.0 Å². The van der Waals surface area contributed by atoms with Crippen molar-refractivity contribution in [3.8, 4) is 5.82 Å². The summed E-state index contributed by atoms with van der Waals surface area (Å²) < 4.78 is 6.22. The van der Waals surface area contributed by atoms with Gasteiger partial charge in [-0.2, -0.15) is 4.99 Å². The number of fused-ring (bicyclic) bond motifs is 1. The molecule has 1 amide bonds. The van der Waals surface area contributed by atoms with Crippen molar-refractivity contribution in [1.82, 2.24) is 9.72 Å². The lowest BCUT2D eigenvalue weighted by atomic mass is 10.1. The second-order valence-electron chi connectivity index (χ2n) is 4.90. The van der Waals surface area contributed by atoms with E-state index in [-0.39, 0.29) is 35.3 Å². The maximum atomic E-state index is 12.6. The van der Waals surface area contributed by atoms with Crippen molar-refractivity contribution in [1.29, 1.82) is 0 Å². The molecule has 24 heavy (non-hydrogen) atoms. The highest BCUT2D eigenvalue weighted by atomic mass is 35.5. The van der Waals surface area contributed by atoms with Gasteiger partial charge in [0.15, 0.2) is 11.8 Å². The summed E-state index contributed by atoms with van der Waals surface area (Å²) in [7, 11) is 0. The second-order valence-corrected chi connectivity index (χ2v) is 4.90. The van der Waals surface area contributed by atoms with Crippen LogP contribution in [0, 0.1) is 6.92 Å². The number of carbonyl (C=O) groups excluding carboxylic acids is 1. The molecule has 0 saturated heterocycles. The summed E-state index contributed by atoms with van der Waals surface area (Å²) in [5.74, 6) is -0.182. The van der Waals surface area contributed by atoms with Crippen LogP contribution in [0.3, 0.4) is 0 Å². The molecule has 0 bridgehead atoms. The molecule has 3 aromatic rings. The van der Waals surface area contributed by atoms with Crippen molar-refractivity contribution in [2.24, 2.45) is 16.5 Å². The standard InChI is InChI=1S/C15H13N5O3.ClH/c1-8-6-12(19-23-8)20-7-11(13(21)18-15(16)17)9-4-2-3-5-10(9)14(20)22;/h2-7H,1H3,(H4,16,17,18,21);1H. The summed E-state index contributed by atoms with van der Waals surface area (Å²) in [6.07, 6.45) is 1.36. The molecule has 0 unspecified atom stereocenters. The first-order valence-corrected chi connectivity index (χ1v) is 6.69. The molecule has 124 valence electrons. The lowest BCUT2D eigenvalue weighted by Gasteiger charge is -2.08. The van der Waals surface area contributed by atoms with Gasteiger partial charge in [0.25, 0.3) is 11.5 Å². The van der Waals surface area contributed by atoms with Crippen LogP contribution in [0.5, 0.6) is 0 Å². The molecule has 0 atom stereocenters. The Labute approximate surface area is 142 Å². The lowest BCUT2D eigenvalue weighted by Crippen LogP contribution is -2.25. The Hall–Kier alpha value is -3.13. The molecule has 0 fully saturated rings. The van der Waals surface area contributed by atoms with E-state index in [9.17, 15) is 9.59 Å². The van der Waals surface area contributed by atoms with Crippen LogP contribution in [0.4, 0.5) is 0 Å². The third-order valence-corrected chi connectivity index (χ3v) is 3.25. The number of carbonyl (C=O) groups is 1. The van der Waals surface area contributed by atoms with Crippen LogP contribution >= 0.6 is 12.4 Å². The van der Waals surface area contributed by atoms with Crippen molar-refractivity contribution < 1.29 is 9.32 Å². The van der Waals surface area contributed by atoms with Gasteiger partial charge in [-0.25, -0.2) is 0 Å². The topological polar surface area (TPSA) is 130 Å². The van der Waals surface area contributed by atoms with Gasteiger partial charge in [0, 0.05) is 23.0 Å². The van der Waals surface area contributed by atoms with Gasteiger partial charge in [-0.3, -0.25) is 14.2 Å². The maximum Gasteiger partial charge on any atom is 0.282 e. The van der Waals surface area contributed by atoms with Crippen molar-refractivity contribution in [2.75, 3.05) is 0 Å². The number of hydrogen-bond donors (Lipinski definition) is 2. The van der Waals surface area contributed by atoms with Gasteiger partial charge in [0.2, 0.25) is 0 Å². The number of nitrogens with two attached hydrogens (primary N) is 2. The summed E-state index contributed by atoms with van der Waals surface area (Å²) in [6, 6.07) is 8.29. The number of aliphatic imine (C=N–C) groups is 1. The molecule has 0 aliphatic heterocycles. The zero-order valence-electron chi connectivity index (χ0n) is 12.6. The number of benzene rings is 1. The Kier molecular flexibility index (Phi) is 4.70. The minimum Gasteiger partial charge on any atom is -0.370 e. The minimum absolute atomic E-state index is 0. The van der Waals surface area contributed by atoms with Crippen LogP contribution in [0.1, 0.15) is 16.1 Å². The van der Waals surface area contributed by atoms with Crippen LogP contribution in [0.25, 0.3) is 16.6 Å². The van der Waals surface area contributed by atoms with Crippen LogP contribution in [-0.2, 0) is 0 Å². The molecule has 4 N–H and O–H groups in total. The number of amides is 1. The normalized spacial score (nSPS) is 10.2. The second kappa shape index (κ2) is 6.55. The van der Waals surface area contributed by atoms with Crippen LogP contribution in [-0.4, -0.2) is 21.6 Å². The van der Waals surface area contributed by atoms with Crippen molar-refractivity contribution in [3.63, 3.8) is 0 Å². The fraction of sp³-hybridized carbons (Fsp3) is 0.0667. The Morgan fingerprint density at radius 2 is 1.92 bits per heavy atom. The molecule has 0 aliphatic rings. The molecule has 9 heteroatoms. The van der Waals surface area contributed by atoms with E-state index in [1.54, 1.807) is 37.3 Å². The van der Waals surface area contributed by atoms with E-state index in [1.807, 2.05) is 0 Å². The number of halogens is 1. The van der Waals surface area contributed by atoms with E-state index in [1.165, 1.54) is 10.8 Å². The number of pyridine rings is 1. The zero-order chi connectivity index (χ0) is 16.6. The van der Waals surface area contributed by atoms with Crippen LogP contribution in [0.15, 0.2) is 50.8 Å². The zero-order valence-corrected chi connectivity index (χ0v) is 13.4. The largest absolute Gasteiger partial charge is 0.370 e. The molecule has 0 saturated carbocycles. The predicted octanol–water partition coefficient (Wildman–Crippen LogP) is 1.12. The van der Waals surface area contributed by atoms with E-state index >= 15 is 0 Å². The van der Waals surface area contributed by atoms with E-state index < -0.39 is 5.91 Å². The first-order chi connectivity index (χ1) is 11.0. The number of aryl methyl sites for hydroxylation is 1. The fourth-order valence-corrected chi connectivity index (χ4v) is 2.28. The Bertz CT molecular complexity index is 1000. The SMILES string of the molecule is Cc1cc(-n2cc(C(=O)N=C(N)N)c3ccccc3c2=O)no1.Cl. The number of aromatic nitrogens is 2. The van der Waals surface area contributed by atoms with Crippen molar-refractivity contribution in [2.45, 2.75) is 6.92 Å². The molecule has 8 nitrogen and oxygen atoms in total. The van der Waals surface area contributed by atoms with Crippen LogP contribution < -0.4 is 17.0 Å². The summed E-state index contributed by atoms with van der Waals surface area (Å²) in [6.45, 7) is 1.70. The maximum absolute atomic E-state index is 12.6. The first kappa shape index (κ1) is 17.2. The number of guanidine groups is 1. The molecular formula is C15H14ClN5O3. The summed E-state index contributed by atoms with van der Waals surface area (Å²) in [4.78, 5) is 28.4. The van der Waals surface area contributed by atoms with Gasteiger partial charge in [-0.05, 0) is 13.0 Å². The lowest BCUT2D eigenvalue weighted by molar-refractivity contribution is 0.100. The molecule has 2 heterocycles.